The summed E-state index contributed by atoms with van der Waals surface area (Å²) in [5.74, 6) is 0.736. The van der Waals surface area contributed by atoms with Gasteiger partial charge in [0.15, 0.2) is 0 Å². The minimum atomic E-state index is -0.290. The third kappa shape index (κ3) is 2.76. The van der Waals surface area contributed by atoms with Gasteiger partial charge in [0.2, 0.25) is 5.91 Å². The molecule has 1 amide bonds. The first kappa shape index (κ1) is 13.5. The second kappa shape index (κ2) is 5.67. The van der Waals surface area contributed by atoms with Gasteiger partial charge in [0.05, 0.1) is 5.54 Å². The zero-order valence-corrected chi connectivity index (χ0v) is 11.1. The summed E-state index contributed by atoms with van der Waals surface area (Å²) >= 11 is 0. The Morgan fingerprint density at radius 2 is 2.12 bits per heavy atom. The highest BCUT2D eigenvalue weighted by atomic mass is 16.2. The molecule has 16 heavy (non-hydrogen) atoms. The Hall–Kier alpha value is -0.570. The van der Waals surface area contributed by atoms with Crippen LogP contribution in [0.3, 0.4) is 0 Å². The number of nitrogens with one attached hydrogen (secondary N) is 2. The fraction of sp³-hybridized carbons (Fsp3) is 0.923. The number of rotatable bonds is 5. The highest BCUT2D eigenvalue weighted by molar-refractivity contribution is 5.86. The van der Waals surface area contributed by atoms with Gasteiger partial charge in [-0.05, 0) is 38.6 Å². The second-order valence-electron chi connectivity index (χ2n) is 5.11. The van der Waals surface area contributed by atoms with Crippen molar-refractivity contribution < 1.29 is 4.79 Å². The van der Waals surface area contributed by atoms with Crippen LogP contribution in [0.5, 0.6) is 0 Å². The van der Waals surface area contributed by atoms with Crippen LogP contribution < -0.4 is 10.6 Å². The van der Waals surface area contributed by atoms with Gasteiger partial charge in [-0.2, -0.15) is 0 Å². The van der Waals surface area contributed by atoms with Crippen LogP contribution in [0.15, 0.2) is 0 Å². The van der Waals surface area contributed by atoms with Crippen LogP contribution in [0, 0.1) is 5.92 Å². The van der Waals surface area contributed by atoms with Gasteiger partial charge in [-0.25, -0.2) is 0 Å². The van der Waals surface area contributed by atoms with E-state index >= 15 is 0 Å². The Kier molecular flexibility index (Phi) is 4.78. The van der Waals surface area contributed by atoms with Crippen molar-refractivity contribution in [2.45, 2.75) is 65.0 Å². The van der Waals surface area contributed by atoms with Gasteiger partial charge in [-0.3, -0.25) is 4.79 Å². The largest absolute Gasteiger partial charge is 0.352 e. The van der Waals surface area contributed by atoms with E-state index in [4.69, 9.17) is 0 Å². The van der Waals surface area contributed by atoms with Gasteiger partial charge < -0.3 is 10.6 Å². The third-order valence-electron chi connectivity index (χ3n) is 4.14. The SMILES string of the molecule is CCC(C)C(C)NC(=O)C1(CC)CCCN1. The van der Waals surface area contributed by atoms with Crippen molar-refractivity contribution in [1.82, 2.24) is 10.6 Å². The van der Waals surface area contributed by atoms with E-state index in [0.717, 1.165) is 32.2 Å². The maximum Gasteiger partial charge on any atom is 0.240 e. The van der Waals surface area contributed by atoms with Crippen LogP contribution in [-0.2, 0) is 4.79 Å². The number of hydrogen-bond donors (Lipinski definition) is 2. The maximum atomic E-state index is 12.3. The van der Waals surface area contributed by atoms with E-state index in [1.54, 1.807) is 0 Å². The summed E-state index contributed by atoms with van der Waals surface area (Å²) < 4.78 is 0. The van der Waals surface area contributed by atoms with Crippen LogP contribution >= 0.6 is 0 Å². The average Bonchev–Trinajstić information content (AvgIpc) is 2.77. The summed E-state index contributed by atoms with van der Waals surface area (Å²) in [5.41, 5.74) is -0.290. The van der Waals surface area contributed by atoms with Crippen LogP contribution in [0.1, 0.15) is 53.4 Å². The smallest absolute Gasteiger partial charge is 0.240 e. The topological polar surface area (TPSA) is 41.1 Å². The summed E-state index contributed by atoms with van der Waals surface area (Å²) in [6, 6.07) is 0.267. The molecule has 0 aliphatic carbocycles. The van der Waals surface area contributed by atoms with E-state index in [1.807, 2.05) is 0 Å². The van der Waals surface area contributed by atoms with Crippen LogP contribution in [0.4, 0.5) is 0 Å². The molecule has 2 N–H and O–H groups in total. The summed E-state index contributed by atoms with van der Waals surface area (Å²) in [7, 11) is 0. The first-order valence-corrected chi connectivity index (χ1v) is 6.61. The van der Waals surface area contributed by atoms with Gasteiger partial charge in [0.1, 0.15) is 0 Å². The first-order valence-electron chi connectivity index (χ1n) is 6.61. The summed E-state index contributed by atoms with van der Waals surface area (Å²) in [6.45, 7) is 9.51. The van der Waals surface area contributed by atoms with Crippen molar-refractivity contribution >= 4 is 5.91 Å². The molecule has 1 heterocycles. The molecule has 0 aromatic carbocycles. The van der Waals surface area contributed by atoms with E-state index in [-0.39, 0.29) is 17.5 Å². The maximum absolute atomic E-state index is 12.3. The highest BCUT2D eigenvalue weighted by Crippen LogP contribution is 2.23. The van der Waals surface area contributed by atoms with Crippen molar-refractivity contribution in [1.29, 1.82) is 0 Å². The third-order valence-corrected chi connectivity index (χ3v) is 4.14. The number of amides is 1. The molecular weight excluding hydrogens is 200 g/mol. The Labute approximate surface area is 99.4 Å². The monoisotopic (exact) mass is 226 g/mol. The zero-order chi connectivity index (χ0) is 12.2. The molecular formula is C13H26N2O. The number of carbonyl (C=O) groups excluding carboxylic acids is 1. The molecule has 0 saturated carbocycles. The average molecular weight is 226 g/mol. The fourth-order valence-electron chi connectivity index (χ4n) is 2.30. The van der Waals surface area contributed by atoms with Crippen LogP contribution in [0.2, 0.25) is 0 Å². The lowest BCUT2D eigenvalue weighted by Crippen LogP contribution is -2.55. The lowest BCUT2D eigenvalue weighted by Gasteiger charge is -2.30. The normalized spacial score (nSPS) is 28.8. The Bertz CT molecular complexity index is 234. The molecule has 3 atom stereocenters. The van der Waals surface area contributed by atoms with Crippen LogP contribution in [0.25, 0.3) is 0 Å². The van der Waals surface area contributed by atoms with Crippen molar-refractivity contribution in [2.75, 3.05) is 6.54 Å². The minimum Gasteiger partial charge on any atom is -0.352 e. The Morgan fingerprint density at radius 3 is 2.56 bits per heavy atom. The number of hydrogen-bond acceptors (Lipinski definition) is 2. The summed E-state index contributed by atoms with van der Waals surface area (Å²) in [4.78, 5) is 12.3. The van der Waals surface area contributed by atoms with Crippen molar-refractivity contribution in [2.24, 2.45) is 5.92 Å². The lowest BCUT2D eigenvalue weighted by atomic mass is 9.91. The molecule has 1 rings (SSSR count). The van der Waals surface area contributed by atoms with E-state index in [0.29, 0.717) is 5.92 Å². The van der Waals surface area contributed by atoms with E-state index < -0.39 is 0 Å². The molecule has 0 aromatic rings. The molecule has 94 valence electrons. The molecule has 1 aliphatic rings. The van der Waals surface area contributed by atoms with Crippen molar-refractivity contribution in [3.05, 3.63) is 0 Å². The molecule has 3 heteroatoms. The fourth-order valence-corrected chi connectivity index (χ4v) is 2.30. The molecule has 3 unspecified atom stereocenters. The Morgan fingerprint density at radius 1 is 1.44 bits per heavy atom. The molecule has 0 radical (unpaired) electrons. The van der Waals surface area contributed by atoms with E-state index in [1.165, 1.54) is 0 Å². The second-order valence-corrected chi connectivity index (χ2v) is 5.11. The molecule has 1 aliphatic heterocycles. The highest BCUT2D eigenvalue weighted by Gasteiger charge is 2.39. The van der Waals surface area contributed by atoms with E-state index in [9.17, 15) is 4.79 Å². The number of carbonyl (C=O) groups is 1. The Balaban J connectivity index is 2.56. The zero-order valence-electron chi connectivity index (χ0n) is 11.1. The molecule has 0 spiro atoms. The van der Waals surface area contributed by atoms with Crippen LogP contribution in [-0.4, -0.2) is 24.0 Å². The summed E-state index contributed by atoms with van der Waals surface area (Å²) in [5, 5.41) is 6.53. The molecule has 1 saturated heterocycles. The predicted molar refractivity (Wildman–Crippen MR) is 67.3 cm³/mol. The van der Waals surface area contributed by atoms with Gasteiger partial charge in [-0.1, -0.05) is 27.2 Å². The molecule has 0 aromatic heterocycles. The molecule has 0 bridgehead atoms. The summed E-state index contributed by atoms with van der Waals surface area (Å²) in [6.07, 6.45) is 4.07. The van der Waals surface area contributed by atoms with Gasteiger partial charge >= 0.3 is 0 Å². The first-order chi connectivity index (χ1) is 7.55. The van der Waals surface area contributed by atoms with Crippen molar-refractivity contribution in [3.63, 3.8) is 0 Å². The lowest BCUT2D eigenvalue weighted by molar-refractivity contribution is -0.128. The molecule has 1 fully saturated rings. The van der Waals surface area contributed by atoms with Gasteiger partial charge in [0.25, 0.3) is 0 Å². The molecule has 3 nitrogen and oxygen atoms in total. The van der Waals surface area contributed by atoms with Crippen molar-refractivity contribution in [3.8, 4) is 0 Å². The minimum absolute atomic E-state index is 0.195. The van der Waals surface area contributed by atoms with E-state index in [2.05, 4.69) is 38.3 Å². The quantitative estimate of drug-likeness (QED) is 0.753. The standard InChI is InChI=1S/C13H26N2O/c1-5-10(3)11(4)15-12(16)13(6-2)8-7-9-14-13/h10-11,14H,5-9H2,1-4H3,(H,15,16). The van der Waals surface area contributed by atoms with Gasteiger partial charge in [0, 0.05) is 6.04 Å². The van der Waals surface area contributed by atoms with Gasteiger partial charge in [-0.15, -0.1) is 0 Å². The predicted octanol–water partition coefficient (Wildman–Crippen LogP) is 2.07.